The third kappa shape index (κ3) is 4.41. The number of nitrogens with one attached hydrogen (secondary N) is 1. The summed E-state index contributed by atoms with van der Waals surface area (Å²) in [6, 6.07) is 14.4. The zero-order chi connectivity index (χ0) is 22.7. The molecule has 32 heavy (non-hydrogen) atoms. The number of aromatic nitrogens is 1. The molecule has 0 unspecified atom stereocenters. The summed E-state index contributed by atoms with van der Waals surface area (Å²) in [5, 5.41) is 2.82. The van der Waals surface area contributed by atoms with E-state index in [4.69, 9.17) is 25.8 Å². The molecule has 1 aliphatic rings. The van der Waals surface area contributed by atoms with Crippen LogP contribution in [0.4, 0.5) is 16.2 Å². The molecule has 4 rings (SSSR count). The highest BCUT2D eigenvalue weighted by atomic mass is 35.5. The molecular weight excluding hydrogens is 458 g/mol. The SMILES string of the molecule is COc1ccc(Cl)cc1S(=O)(=O)N1CCOc2ncc(OC(=O)Nc3ccccc3)cc21. The van der Waals surface area contributed by atoms with Crippen molar-refractivity contribution < 1.29 is 27.4 Å². The summed E-state index contributed by atoms with van der Waals surface area (Å²) < 4.78 is 44.0. The maximum Gasteiger partial charge on any atom is 0.417 e. The summed E-state index contributed by atoms with van der Waals surface area (Å²) in [5.41, 5.74) is 0.673. The number of amides is 1. The predicted molar refractivity (Wildman–Crippen MR) is 118 cm³/mol. The maximum absolute atomic E-state index is 13.4. The van der Waals surface area contributed by atoms with Crippen molar-refractivity contribution in [2.75, 3.05) is 29.9 Å². The average Bonchev–Trinajstić information content (AvgIpc) is 2.79. The van der Waals surface area contributed by atoms with Crippen LogP contribution in [0.1, 0.15) is 0 Å². The van der Waals surface area contributed by atoms with Crippen LogP contribution in [0.2, 0.25) is 5.02 Å². The highest BCUT2D eigenvalue weighted by molar-refractivity contribution is 7.93. The Morgan fingerprint density at radius 2 is 1.97 bits per heavy atom. The molecule has 2 aromatic carbocycles. The van der Waals surface area contributed by atoms with E-state index in [9.17, 15) is 13.2 Å². The molecule has 1 N–H and O–H groups in total. The Hall–Kier alpha value is -3.50. The van der Waals surface area contributed by atoms with Gasteiger partial charge in [0.05, 0.1) is 19.9 Å². The summed E-state index contributed by atoms with van der Waals surface area (Å²) in [6.07, 6.45) is 0.528. The van der Waals surface area contributed by atoms with Gasteiger partial charge in [-0.1, -0.05) is 29.8 Å². The van der Waals surface area contributed by atoms with Crippen LogP contribution in [-0.2, 0) is 10.0 Å². The van der Waals surface area contributed by atoms with Gasteiger partial charge in [0, 0.05) is 16.8 Å². The van der Waals surface area contributed by atoms with Gasteiger partial charge in [-0.15, -0.1) is 0 Å². The largest absolute Gasteiger partial charge is 0.495 e. The van der Waals surface area contributed by atoms with Crippen LogP contribution in [0.3, 0.4) is 0 Å². The number of anilines is 2. The first-order valence-electron chi connectivity index (χ1n) is 9.41. The second kappa shape index (κ2) is 8.93. The van der Waals surface area contributed by atoms with Gasteiger partial charge in [-0.25, -0.2) is 18.2 Å². The zero-order valence-electron chi connectivity index (χ0n) is 16.8. The van der Waals surface area contributed by atoms with Gasteiger partial charge in [0.25, 0.3) is 10.0 Å². The quantitative estimate of drug-likeness (QED) is 0.595. The lowest BCUT2D eigenvalue weighted by molar-refractivity contribution is 0.214. The number of fused-ring (bicyclic) bond motifs is 1. The number of pyridine rings is 1. The molecule has 0 fully saturated rings. The molecular formula is C21H18ClN3O6S. The zero-order valence-corrected chi connectivity index (χ0v) is 18.4. The Labute approximate surface area is 189 Å². The second-order valence-electron chi connectivity index (χ2n) is 6.60. The molecule has 166 valence electrons. The van der Waals surface area contributed by atoms with Crippen molar-refractivity contribution in [3.05, 3.63) is 65.8 Å². The van der Waals surface area contributed by atoms with E-state index in [1.54, 1.807) is 24.3 Å². The van der Waals surface area contributed by atoms with Crippen molar-refractivity contribution in [1.29, 1.82) is 0 Å². The average molecular weight is 476 g/mol. The topological polar surface area (TPSA) is 107 Å². The highest BCUT2D eigenvalue weighted by Crippen LogP contribution is 2.38. The summed E-state index contributed by atoms with van der Waals surface area (Å²) in [6.45, 7) is 0.114. The number of carbonyl (C=O) groups is 1. The van der Waals surface area contributed by atoms with Gasteiger partial charge in [0.2, 0.25) is 5.88 Å². The predicted octanol–water partition coefficient (Wildman–Crippen LogP) is 3.94. The monoisotopic (exact) mass is 475 g/mol. The van der Waals surface area contributed by atoms with E-state index in [0.29, 0.717) is 5.69 Å². The lowest BCUT2D eigenvalue weighted by Crippen LogP contribution is -2.38. The number of hydrogen-bond acceptors (Lipinski definition) is 7. The van der Waals surface area contributed by atoms with Crippen molar-refractivity contribution in [3.8, 4) is 17.4 Å². The third-order valence-corrected chi connectivity index (χ3v) is 6.60. The van der Waals surface area contributed by atoms with Crippen molar-refractivity contribution >= 4 is 39.1 Å². The van der Waals surface area contributed by atoms with Crippen LogP contribution >= 0.6 is 11.6 Å². The van der Waals surface area contributed by atoms with Gasteiger partial charge in [0.15, 0.2) is 5.75 Å². The first-order chi connectivity index (χ1) is 15.4. The number of nitrogens with zero attached hydrogens (tertiary/aromatic N) is 2. The molecule has 9 nitrogen and oxygen atoms in total. The standard InChI is InChI=1S/C21H18ClN3O6S/c1-29-18-8-7-14(22)11-19(18)32(27,28)25-9-10-30-20-17(25)12-16(13-23-20)31-21(26)24-15-5-3-2-4-6-15/h2-8,11-13H,9-10H2,1H3,(H,24,26). The van der Waals surface area contributed by atoms with Crippen molar-refractivity contribution in [1.82, 2.24) is 4.98 Å². The van der Waals surface area contributed by atoms with Gasteiger partial charge in [-0.3, -0.25) is 9.62 Å². The maximum atomic E-state index is 13.4. The van der Waals surface area contributed by atoms with Gasteiger partial charge >= 0.3 is 6.09 Å². The molecule has 1 aromatic heterocycles. The molecule has 11 heteroatoms. The van der Waals surface area contributed by atoms with E-state index in [-0.39, 0.29) is 46.1 Å². The van der Waals surface area contributed by atoms with Crippen LogP contribution in [0.15, 0.2) is 65.7 Å². The lowest BCUT2D eigenvalue weighted by atomic mass is 10.3. The molecule has 0 atom stereocenters. The summed E-state index contributed by atoms with van der Waals surface area (Å²) in [4.78, 5) is 16.2. The number of sulfonamides is 1. The minimum atomic E-state index is -4.09. The normalized spacial score (nSPS) is 13.0. The smallest absolute Gasteiger partial charge is 0.417 e. The van der Waals surface area contributed by atoms with Crippen LogP contribution in [0, 0.1) is 0 Å². The van der Waals surface area contributed by atoms with Crippen LogP contribution < -0.4 is 23.8 Å². The van der Waals surface area contributed by atoms with E-state index < -0.39 is 16.1 Å². The molecule has 0 spiro atoms. The van der Waals surface area contributed by atoms with Gasteiger partial charge < -0.3 is 14.2 Å². The molecule has 0 aliphatic carbocycles. The third-order valence-electron chi connectivity index (χ3n) is 4.53. The first-order valence-corrected chi connectivity index (χ1v) is 11.2. The first kappa shape index (κ1) is 21.7. The number of halogens is 1. The Morgan fingerprint density at radius 1 is 1.19 bits per heavy atom. The van der Waals surface area contributed by atoms with Crippen molar-refractivity contribution in [2.24, 2.45) is 0 Å². The van der Waals surface area contributed by atoms with Gasteiger partial charge in [-0.2, -0.15) is 0 Å². The van der Waals surface area contributed by atoms with Crippen LogP contribution in [0.5, 0.6) is 17.4 Å². The molecule has 1 amide bonds. The second-order valence-corrected chi connectivity index (χ2v) is 8.86. The highest BCUT2D eigenvalue weighted by Gasteiger charge is 2.34. The Bertz CT molecular complexity index is 1250. The number of benzene rings is 2. The Kier molecular flexibility index (Phi) is 6.06. The van der Waals surface area contributed by atoms with E-state index in [0.717, 1.165) is 4.31 Å². The van der Waals surface area contributed by atoms with E-state index >= 15 is 0 Å². The number of carbonyl (C=O) groups excluding carboxylic acids is 1. The fourth-order valence-corrected chi connectivity index (χ4v) is 4.97. The number of methoxy groups -OCH3 is 1. The van der Waals surface area contributed by atoms with Crippen LogP contribution in [0.25, 0.3) is 0 Å². The minimum absolute atomic E-state index is 0.0202. The van der Waals surface area contributed by atoms with Crippen LogP contribution in [-0.4, -0.2) is 39.8 Å². The molecule has 0 radical (unpaired) electrons. The van der Waals surface area contributed by atoms with E-state index in [1.165, 1.54) is 37.6 Å². The molecule has 1 aliphatic heterocycles. The molecule has 0 bridgehead atoms. The summed E-state index contributed by atoms with van der Waals surface area (Å²) in [5.74, 6) is 0.280. The number of para-hydroxylation sites is 1. The summed E-state index contributed by atoms with van der Waals surface area (Å²) in [7, 11) is -2.72. The van der Waals surface area contributed by atoms with Gasteiger partial charge in [0.1, 0.15) is 22.9 Å². The van der Waals surface area contributed by atoms with E-state index in [2.05, 4.69) is 10.3 Å². The van der Waals surface area contributed by atoms with E-state index in [1.807, 2.05) is 6.07 Å². The molecule has 3 aromatic rings. The minimum Gasteiger partial charge on any atom is -0.495 e. The van der Waals surface area contributed by atoms with Gasteiger partial charge in [-0.05, 0) is 30.3 Å². The molecule has 2 heterocycles. The summed E-state index contributed by atoms with van der Waals surface area (Å²) >= 11 is 6.03. The molecule has 0 saturated heterocycles. The number of rotatable bonds is 5. The lowest BCUT2D eigenvalue weighted by Gasteiger charge is -2.30. The van der Waals surface area contributed by atoms with Crippen molar-refractivity contribution in [2.45, 2.75) is 4.90 Å². The Balaban J connectivity index is 1.64. The Morgan fingerprint density at radius 3 is 2.72 bits per heavy atom. The molecule has 0 saturated carbocycles. The number of ether oxygens (including phenoxy) is 3. The fourth-order valence-electron chi connectivity index (χ4n) is 3.11. The van der Waals surface area contributed by atoms with Crippen molar-refractivity contribution in [3.63, 3.8) is 0 Å². The number of hydrogen-bond donors (Lipinski definition) is 1. The fraction of sp³-hybridized carbons (Fsp3) is 0.143.